The minimum absolute atomic E-state index is 0. The first kappa shape index (κ1) is 18.2. The van der Waals surface area contributed by atoms with Crippen LogP contribution in [0.2, 0.25) is 0 Å². The van der Waals surface area contributed by atoms with Crippen molar-refractivity contribution in [1.82, 2.24) is 0 Å². The van der Waals surface area contributed by atoms with Gasteiger partial charge in [-0.05, 0) is 26.3 Å². The van der Waals surface area contributed by atoms with Crippen LogP contribution in [0, 0.1) is 20.8 Å². The Morgan fingerprint density at radius 1 is 0.864 bits per heavy atom. The van der Waals surface area contributed by atoms with Crippen LogP contribution in [0.3, 0.4) is 0 Å². The van der Waals surface area contributed by atoms with Gasteiger partial charge in [0.05, 0.1) is 0 Å². The summed E-state index contributed by atoms with van der Waals surface area (Å²) in [6, 6.07) is 21.6. The normalized spacial score (nSPS) is 9.41. The van der Waals surface area contributed by atoms with Crippen LogP contribution in [0.4, 0.5) is 0 Å². The summed E-state index contributed by atoms with van der Waals surface area (Å²) < 4.78 is 0. The monoisotopic (exact) mass is 332 g/mol. The van der Waals surface area contributed by atoms with Crippen LogP contribution in [0.5, 0.6) is 0 Å². The molecule has 1 nitrogen and oxygen atoms in total. The summed E-state index contributed by atoms with van der Waals surface area (Å²) in [5.41, 5.74) is 4.94. The summed E-state index contributed by atoms with van der Waals surface area (Å²) in [6.45, 7) is 6.04. The molecule has 22 heavy (non-hydrogen) atoms. The van der Waals surface area contributed by atoms with E-state index in [2.05, 4.69) is 19.1 Å². The van der Waals surface area contributed by atoms with Gasteiger partial charge in [0.1, 0.15) is 5.78 Å². The summed E-state index contributed by atoms with van der Waals surface area (Å²) in [5.74, 6) is 0.125. The Kier molecular flexibility index (Phi) is 7.04. The summed E-state index contributed by atoms with van der Waals surface area (Å²) >= 11 is 0. The van der Waals surface area contributed by atoms with Crippen molar-refractivity contribution >= 4 is 5.78 Å². The fraction of sp³-hybridized carbons (Fsp3) is 0.150. The molecular formula is C20H20FeO-6. The summed E-state index contributed by atoms with van der Waals surface area (Å²) in [6.07, 6.45) is 0. The van der Waals surface area contributed by atoms with Gasteiger partial charge in [0.2, 0.25) is 0 Å². The first-order valence-corrected chi connectivity index (χ1v) is 7.10. The third kappa shape index (κ3) is 4.56. The number of hydrogen-bond donors (Lipinski definition) is 0. The third-order valence-corrected chi connectivity index (χ3v) is 3.38. The van der Waals surface area contributed by atoms with Gasteiger partial charge < -0.3 is 35.1 Å². The van der Waals surface area contributed by atoms with Gasteiger partial charge in [-0.2, -0.15) is 12.1 Å². The third-order valence-electron chi connectivity index (χ3n) is 3.38. The number of carbonyl (C=O) groups excluding carboxylic acids is 1. The number of hydrogen-bond acceptors (Lipinski definition) is 1. The molecule has 0 heterocycles. The largest absolute Gasteiger partial charge is 0.748 e. The van der Waals surface area contributed by atoms with Crippen LogP contribution in [-0.2, 0) is 17.1 Å². The minimum Gasteiger partial charge on any atom is -0.748 e. The topological polar surface area (TPSA) is 17.1 Å². The van der Waals surface area contributed by atoms with Crippen molar-refractivity contribution in [3.8, 4) is 0 Å². The SMILES string of the molecule is Cc1cc(C)c(C(=O)[c-]2cccc2)c(C)c1.[Fe].[cH-]1[cH-][cH-][cH-][cH-]1. The molecule has 0 aliphatic rings. The quantitative estimate of drug-likeness (QED) is 0.368. The zero-order chi connectivity index (χ0) is 15.2. The molecule has 0 atom stereocenters. The summed E-state index contributed by atoms with van der Waals surface area (Å²) in [4.78, 5) is 12.3. The van der Waals surface area contributed by atoms with Crippen LogP contribution in [0.1, 0.15) is 32.6 Å². The van der Waals surface area contributed by atoms with Gasteiger partial charge in [0.25, 0.3) is 0 Å². The molecule has 0 unspecified atom stereocenters. The minimum atomic E-state index is 0. The van der Waals surface area contributed by atoms with Crippen molar-refractivity contribution in [3.05, 3.63) is 94.5 Å². The summed E-state index contributed by atoms with van der Waals surface area (Å²) in [5, 5.41) is 0. The van der Waals surface area contributed by atoms with Gasteiger partial charge >= 0.3 is 0 Å². The van der Waals surface area contributed by atoms with Gasteiger partial charge in [-0.1, -0.05) is 34.4 Å². The van der Waals surface area contributed by atoms with E-state index in [1.54, 1.807) is 0 Å². The van der Waals surface area contributed by atoms with E-state index in [0.29, 0.717) is 0 Å². The van der Waals surface area contributed by atoms with Crippen molar-refractivity contribution in [1.29, 1.82) is 0 Å². The molecule has 0 aliphatic carbocycles. The van der Waals surface area contributed by atoms with Crippen molar-refractivity contribution in [2.24, 2.45) is 0 Å². The number of benzene rings is 1. The Balaban J connectivity index is 0.000000344. The predicted molar refractivity (Wildman–Crippen MR) is 88.2 cm³/mol. The van der Waals surface area contributed by atoms with E-state index < -0.39 is 0 Å². The van der Waals surface area contributed by atoms with Gasteiger partial charge in [0, 0.05) is 17.1 Å². The number of ketones is 1. The molecule has 3 rings (SSSR count). The second kappa shape index (κ2) is 8.53. The molecule has 0 spiro atoms. The number of aryl methyl sites for hydroxylation is 3. The van der Waals surface area contributed by atoms with Gasteiger partial charge in [-0.3, -0.25) is 0 Å². The van der Waals surface area contributed by atoms with Gasteiger partial charge in [-0.15, -0.1) is 12.1 Å². The zero-order valence-corrected chi connectivity index (χ0v) is 14.2. The van der Waals surface area contributed by atoms with Crippen molar-refractivity contribution in [3.63, 3.8) is 0 Å². The molecule has 0 aliphatic heterocycles. The molecule has 2 heteroatoms. The molecule has 3 aromatic rings. The standard InChI is InChI=1S/C15H15O.C5H5.Fe/c1-10-8-11(2)14(12(3)9-10)15(16)13-6-4-5-7-13;1-2-4-5-3-1;/h4-9H,1-3H3;1-5H;/q-1;-5;. The van der Waals surface area contributed by atoms with Crippen LogP contribution in [-0.4, -0.2) is 5.78 Å². The van der Waals surface area contributed by atoms with Crippen LogP contribution < -0.4 is 0 Å². The maximum Gasteiger partial charge on any atom is 0.113 e. The molecule has 0 radical (unpaired) electrons. The Morgan fingerprint density at radius 3 is 1.68 bits per heavy atom. The average molecular weight is 332 g/mol. The smallest absolute Gasteiger partial charge is 0.113 e. The second-order valence-corrected chi connectivity index (χ2v) is 5.24. The molecular weight excluding hydrogens is 312 g/mol. The predicted octanol–water partition coefficient (Wildman–Crippen LogP) is 4.96. The second-order valence-electron chi connectivity index (χ2n) is 5.24. The molecule has 0 saturated heterocycles. The van der Waals surface area contributed by atoms with Crippen LogP contribution in [0.25, 0.3) is 0 Å². The van der Waals surface area contributed by atoms with E-state index in [9.17, 15) is 4.79 Å². The Hall–Kier alpha value is -1.89. The molecule has 120 valence electrons. The van der Waals surface area contributed by atoms with E-state index in [4.69, 9.17) is 0 Å². The maximum atomic E-state index is 12.3. The fourth-order valence-corrected chi connectivity index (χ4v) is 2.53. The Morgan fingerprint density at radius 2 is 1.27 bits per heavy atom. The van der Waals surface area contributed by atoms with E-state index >= 15 is 0 Å². The van der Waals surface area contributed by atoms with Crippen molar-refractivity contribution in [2.75, 3.05) is 0 Å². The van der Waals surface area contributed by atoms with Crippen molar-refractivity contribution in [2.45, 2.75) is 20.8 Å². The van der Waals surface area contributed by atoms with Crippen molar-refractivity contribution < 1.29 is 21.9 Å². The summed E-state index contributed by atoms with van der Waals surface area (Å²) in [7, 11) is 0. The zero-order valence-electron chi connectivity index (χ0n) is 13.1. The molecule has 3 aromatic carbocycles. The Bertz CT molecular complexity index is 651. The average Bonchev–Trinajstić information content (AvgIpc) is 3.14. The number of carbonyl (C=O) groups is 1. The van der Waals surface area contributed by atoms with E-state index in [1.165, 1.54) is 5.56 Å². The van der Waals surface area contributed by atoms with E-state index in [1.807, 2.05) is 68.4 Å². The molecule has 0 fully saturated rings. The molecule has 0 N–H and O–H groups in total. The number of rotatable bonds is 2. The van der Waals surface area contributed by atoms with E-state index in [-0.39, 0.29) is 22.9 Å². The Labute approximate surface area is 143 Å². The molecule has 0 saturated carbocycles. The maximum absolute atomic E-state index is 12.3. The van der Waals surface area contributed by atoms with Gasteiger partial charge in [0.15, 0.2) is 0 Å². The van der Waals surface area contributed by atoms with Gasteiger partial charge in [-0.25, -0.2) is 0 Å². The van der Waals surface area contributed by atoms with Crippen LogP contribution >= 0.6 is 0 Å². The van der Waals surface area contributed by atoms with E-state index in [0.717, 1.165) is 22.3 Å². The first-order chi connectivity index (χ1) is 10.1. The first-order valence-electron chi connectivity index (χ1n) is 7.10. The van der Waals surface area contributed by atoms with Crippen LogP contribution in [0.15, 0.2) is 66.7 Å². The molecule has 0 amide bonds. The molecule has 0 bridgehead atoms. The molecule has 0 aromatic heterocycles. The fourth-order valence-electron chi connectivity index (χ4n) is 2.53.